The highest BCUT2D eigenvalue weighted by molar-refractivity contribution is 5.97. The van der Waals surface area contributed by atoms with E-state index in [9.17, 15) is 9.59 Å². The Morgan fingerprint density at radius 1 is 0.958 bits per heavy atom. The van der Waals surface area contributed by atoms with Crippen LogP contribution in [0.15, 0.2) is 78.6 Å². The summed E-state index contributed by atoms with van der Waals surface area (Å²) in [5, 5.41) is 17.4. The molecule has 0 aliphatic heterocycles. The van der Waals surface area contributed by atoms with Crippen molar-refractivity contribution in [3.8, 4) is 6.07 Å². The van der Waals surface area contributed by atoms with Crippen molar-refractivity contribution in [1.82, 2.24) is 0 Å². The highest BCUT2D eigenvalue weighted by Crippen LogP contribution is 2.23. The van der Waals surface area contributed by atoms with E-state index in [2.05, 4.69) is 0 Å². The molecular formula is C19H13NO4. The van der Waals surface area contributed by atoms with Crippen LogP contribution in [0.2, 0.25) is 0 Å². The summed E-state index contributed by atoms with van der Waals surface area (Å²) in [5.41, 5.74) is 1.59. The quantitative estimate of drug-likeness (QED) is 0.396. The van der Waals surface area contributed by atoms with Crippen LogP contribution in [-0.4, -0.2) is 17.0 Å². The topological polar surface area (TPSA) is 87.4 Å². The van der Waals surface area contributed by atoms with E-state index in [-0.39, 0.29) is 0 Å². The molecule has 0 heterocycles. The van der Waals surface area contributed by atoms with Crippen LogP contribution in [0.25, 0.3) is 5.57 Å². The molecule has 2 aromatic rings. The fraction of sp³-hybridized carbons (Fsp3) is 0. The van der Waals surface area contributed by atoms with E-state index in [1.165, 1.54) is 12.1 Å². The van der Waals surface area contributed by atoms with E-state index in [1.807, 2.05) is 60.7 Å². The van der Waals surface area contributed by atoms with Gasteiger partial charge in [0, 0.05) is 6.08 Å². The monoisotopic (exact) mass is 319 g/mol. The van der Waals surface area contributed by atoms with Crippen LogP contribution in [0, 0.1) is 11.3 Å². The third kappa shape index (κ3) is 4.42. The predicted molar refractivity (Wildman–Crippen MR) is 87.4 cm³/mol. The molecule has 5 nitrogen and oxygen atoms in total. The lowest BCUT2D eigenvalue weighted by Crippen LogP contribution is -2.03. The molecule has 5 heteroatoms. The normalized spacial score (nSPS) is 10.4. The number of nitriles is 1. The van der Waals surface area contributed by atoms with Crippen LogP contribution in [-0.2, 0) is 14.3 Å². The third-order valence-corrected chi connectivity index (χ3v) is 3.08. The van der Waals surface area contributed by atoms with Crippen molar-refractivity contribution < 1.29 is 19.4 Å². The van der Waals surface area contributed by atoms with Crippen molar-refractivity contribution in [3.05, 3.63) is 89.7 Å². The Balaban J connectivity index is 2.34. The summed E-state index contributed by atoms with van der Waals surface area (Å²) in [6, 6.07) is 19.9. The van der Waals surface area contributed by atoms with Crippen molar-refractivity contribution in [1.29, 1.82) is 5.26 Å². The minimum atomic E-state index is -1.46. The maximum absolute atomic E-state index is 12.0. The standard InChI is InChI=1S/C19H13NO4/c20-12-16(19(22)23)13-24-18(21)11-17(14-7-3-1-4-8-14)15-9-5-2-6-10-15/h1-11,13H,(H,22,23). The number of esters is 1. The molecule has 2 aromatic carbocycles. The van der Waals surface area contributed by atoms with Gasteiger partial charge in [-0.05, 0) is 16.7 Å². The van der Waals surface area contributed by atoms with Crippen LogP contribution < -0.4 is 0 Å². The van der Waals surface area contributed by atoms with Crippen LogP contribution in [0.3, 0.4) is 0 Å². The molecule has 0 bridgehead atoms. The molecule has 0 saturated heterocycles. The van der Waals surface area contributed by atoms with E-state index < -0.39 is 17.5 Å². The van der Waals surface area contributed by atoms with Gasteiger partial charge in [0.25, 0.3) is 0 Å². The molecule has 0 fully saturated rings. The van der Waals surface area contributed by atoms with E-state index >= 15 is 0 Å². The lowest BCUT2D eigenvalue weighted by atomic mass is 9.98. The number of ether oxygens (including phenoxy) is 1. The first-order chi connectivity index (χ1) is 11.6. The molecule has 24 heavy (non-hydrogen) atoms. The van der Waals surface area contributed by atoms with Gasteiger partial charge in [0.2, 0.25) is 0 Å². The Morgan fingerprint density at radius 2 is 1.46 bits per heavy atom. The van der Waals surface area contributed by atoms with Crippen molar-refractivity contribution >= 4 is 17.5 Å². The predicted octanol–water partition coefficient (Wildman–Crippen LogP) is 3.15. The summed E-state index contributed by atoms with van der Waals surface area (Å²) in [4.78, 5) is 22.7. The Morgan fingerprint density at radius 3 is 1.88 bits per heavy atom. The number of benzene rings is 2. The molecule has 0 amide bonds. The second-order valence-electron chi connectivity index (χ2n) is 4.68. The SMILES string of the molecule is N#CC(=COC(=O)C=C(c1ccccc1)c1ccccc1)C(=O)O. The van der Waals surface area contributed by atoms with Crippen LogP contribution in [0.5, 0.6) is 0 Å². The fourth-order valence-corrected chi connectivity index (χ4v) is 1.96. The zero-order valence-corrected chi connectivity index (χ0v) is 12.5. The summed E-state index contributed by atoms with van der Waals surface area (Å²) in [5.74, 6) is -2.23. The fourth-order valence-electron chi connectivity index (χ4n) is 1.96. The van der Waals surface area contributed by atoms with E-state index in [0.717, 1.165) is 11.1 Å². The largest absolute Gasteiger partial charge is 0.477 e. The maximum Gasteiger partial charge on any atom is 0.349 e. The van der Waals surface area contributed by atoms with Gasteiger partial charge in [-0.25, -0.2) is 9.59 Å². The Labute approximate surface area is 138 Å². The number of rotatable bonds is 5. The van der Waals surface area contributed by atoms with E-state index in [4.69, 9.17) is 15.1 Å². The van der Waals surface area contributed by atoms with E-state index in [1.54, 1.807) is 0 Å². The second-order valence-corrected chi connectivity index (χ2v) is 4.68. The average molecular weight is 319 g/mol. The zero-order chi connectivity index (χ0) is 17.4. The van der Waals surface area contributed by atoms with Gasteiger partial charge >= 0.3 is 11.9 Å². The van der Waals surface area contributed by atoms with Gasteiger partial charge in [-0.2, -0.15) is 5.26 Å². The summed E-state index contributed by atoms with van der Waals surface area (Å²) in [7, 11) is 0. The van der Waals surface area contributed by atoms with Crippen molar-refractivity contribution in [2.45, 2.75) is 0 Å². The number of carbonyl (C=O) groups is 2. The van der Waals surface area contributed by atoms with Gasteiger partial charge in [-0.3, -0.25) is 0 Å². The lowest BCUT2D eigenvalue weighted by Gasteiger charge is -2.08. The zero-order valence-electron chi connectivity index (χ0n) is 12.5. The summed E-state index contributed by atoms with van der Waals surface area (Å²) in [6.45, 7) is 0. The molecule has 0 spiro atoms. The number of hydrogen-bond acceptors (Lipinski definition) is 4. The molecule has 0 saturated carbocycles. The number of hydrogen-bond donors (Lipinski definition) is 1. The van der Waals surface area contributed by atoms with Crippen LogP contribution in [0.1, 0.15) is 11.1 Å². The van der Waals surface area contributed by atoms with Gasteiger partial charge in [0.1, 0.15) is 12.3 Å². The number of carbonyl (C=O) groups excluding carboxylic acids is 1. The minimum absolute atomic E-state index is 0.628. The minimum Gasteiger partial charge on any atom is -0.477 e. The Kier molecular flexibility index (Phi) is 5.65. The van der Waals surface area contributed by atoms with Crippen molar-refractivity contribution in [2.24, 2.45) is 0 Å². The average Bonchev–Trinajstić information content (AvgIpc) is 2.61. The smallest absolute Gasteiger partial charge is 0.349 e. The third-order valence-electron chi connectivity index (χ3n) is 3.08. The summed E-state index contributed by atoms with van der Waals surface area (Å²) in [6.07, 6.45) is 1.90. The van der Waals surface area contributed by atoms with Crippen LogP contribution in [0.4, 0.5) is 0 Å². The summed E-state index contributed by atoms with van der Waals surface area (Å²) >= 11 is 0. The number of aliphatic carboxylic acids is 1. The number of carboxylic acids is 1. The molecule has 0 aliphatic carbocycles. The van der Waals surface area contributed by atoms with Crippen molar-refractivity contribution in [2.75, 3.05) is 0 Å². The van der Waals surface area contributed by atoms with Gasteiger partial charge in [0.15, 0.2) is 5.57 Å². The molecule has 0 radical (unpaired) electrons. The molecule has 118 valence electrons. The number of carboxylic acid groups (broad SMARTS) is 1. The number of nitrogens with zero attached hydrogens (tertiary/aromatic N) is 1. The van der Waals surface area contributed by atoms with E-state index in [0.29, 0.717) is 11.8 Å². The Hall–Kier alpha value is -3.65. The first-order valence-electron chi connectivity index (χ1n) is 6.98. The Bertz CT molecular complexity index is 789. The highest BCUT2D eigenvalue weighted by Gasteiger charge is 2.10. The molecule has 0 unspecified atom stereocenters. The molecule has 0 atom stereocenters. The van der Waals surface area contributed by atoms with Gasteiger partial charge < -0.3 is 9.84 Å². The molecule has 2 rings (SSSR count). The molecule has 0 aliphatic rings. The van der Waals surface area contributed by atoms with Gasteiger partial charge in [0.05, 0.1) is 0 Å². The maximum atomic E-state index is 12.0. The second kappa shape index (κ2) is 8.11. The molecular weight excluding hydrogens is 306 g/mol. The van der Waals surface area contributed by atoms with Crippen molar-refractivity contribution in [3.63, 3.8) is 0 Å². The first kappa shape index (κ1) is 16.7. The van der Waals surface area contributed by atoms with Gasteiger partial charge in [-0.15, -0.1) is 0 Å². The molecule has 1 N–H and O–H groups in total. The highest BCUT2D eigenvalue weighted by atomic mass is 16.5. The summed E-state index contributed by atoms with van der Waals surface area (Å²) < 4.78 is 4.75. The first-order valence-corrected chi connectivity index (χ1v) is 6.98. The lowest BCUT2D eigenvalue weighted by molar-refractivity contribution is -0.133. The van der Waals surface area contributed by atoms with Gasteiger partial charge in [-0.1, -0.05) is 60.7 Å². The van der Waals surface area contributed by atoms with Crippen LogP contribution >= 0.6 is 0 Å². The molecule has 0 aromatic heterocycles.